The van der Waals surface area contributed by atoms with Crippen molar-refractivity contribution in [2.24, 2.45) is 23.2 Å². The van der Waals surface area contributed by atoms with E-state index in [-0.39, 0.29) is 24.2 Å². The van der Waals surface area contributed by atoms with Crippen LogP contribution in [-0.4, -0.2) is 43.1 Å². The molecule has 1 saturated heterocycles. The predicted octanol–water partition coefficient (Wildman–Crippen LogP) is 5.05. The third-order valence-electron chi connectivity index (χ3n) is 8.73. The summed E-state index contributed by atoms with van der Waals surface area (Å²) in [7, 11) is 1.62. The van der Waals surface area contributed by atoms with Gasteiger partial charge >= 0.3 is 6.16 Å². The van der Waals surface area contributed by atoms with E-state index in [1.165, 1.54) is 0 Å². The zero-order chi connectivity index (χ0) is 25.4. The molecule has 6 atom stereocenters. The van der Waals surface area contributed by atoms with Crippen molar-refractivity contribution in [3.63, 3.8) is 0 Å². The minimum atomic E-state index is -0.829. The second kappa shape index (κ2) is 9.76. The molecule has 2 saturated carbocycles. The number of fused-ring (bicyclic) bond motifs is 1. The zero-order valence-corrected chi connectivity index (χ0v) is 21.1. The number of ether oxygens (including phenoxy) is 4. The van der Waals surface area contributed by atoms with Crippen LogP contribution < -0.4 is 4.74 Å². The van der Waals surface area contributed by atoms with Gasteiger partial charge in [-0.2, -0.15) is 0 Å². The Morgan fingerprint density at radius 2 is 1.94 bits per heavy atom. The molecular weight excluding hydrogens is 448 g/mol. The fourth-order valence-corrected chi connectivity index (χ4v) is 6.49. The van der Waals surface area contributed by atoms with E-state index in [4.69, 9.17) is 18.9 Å². The van der Waals surface area contributed by atoms with Crippen LogP contribution in [0, 0.1) is 23.2 Å². The van der Waals surface area contributed by atoms with Gasteiger partial charge in [-0.05, 0) is 49.3 Å². The highest BCUT2D eigenvalue weighted by Crippen LogP contribution is 2.60. The molecule has 7 heteroatoms. The first-order valence-electron chi connectivity index (χ1n) is 12.4. The van der Waals surface area contributed by atoms with Crippen molar-refractivity contribution in [2.45, 2.75) is 77.3 Å². The minimum absolute atomic E-state index is 0.0252. The zero-order valence-electron chi connectivity index (χ0n) is 21.1. The molecule has 0 N–H and O–H groups in total. The lowest BCUT2D eigenvalue weighted by molar-refractivity contribution is -0.146. The first kappa shape index (κ1) is 25.4. The Morgan fingerprint density at radius 3 is 2.60 bits per heavy atom. The summed E-state index contributed by atoms with van der Waals surface area (Å²) in [5, 5.41) is 0. The van der Waals surface area contributed by atoms with Crippen LogP contribution >= 0.6 is 0 Å². The quantitative estimate of drug-likeness (QED) is 0.290. The van der Waals surface area contributed by atoms with Gasteiger partial charge in [0.2, 0.25) is 0 Å². The van der Waals surface area contributed by atoms with E-state index in [2.05, 4.69) is 20.4 Å². The number of ketones is 1. The van der Waals surface area contributed by atoms with Gasteiger partial charge in [0.1, 0.15) is 24.2 Å². The Kier molecular flexibility index (Phi) is 7.09. The van der Waals surface area contributed by atoms with Gasteiger partial charge in [0, 0.05) is 23.7 Å². The molecule has 0 unspecified atom stereocenters. The van der Waals surface area contributed by atoms with Crippen molar-refractivity contribution in [1.29, 1.82) is 0 Å². The van der Waals surface area contributed by atoms with E-state index in [1.807, 2.05) is 31.2 Å². The topological polar surface area (TPSA) is 88.1 Å². The van der Waals surface area contributed by atoms with Crippen LogP contribution in [0.5, 0.6) is 5.75 Å². The number of carbonyl (C=O) groups excluding carboxylic acids is 3. The van der Waals surface area contributed by atoms with Crippen molar-refractivity contribution in [3.8, 4) is 5.75 Å². The molecule has 0 radical (unpaired) electrons. The summed E-state index contributed by atoms with van der Waals surface area (Å²) in [6.45, 7) is 10.5. The minimum Gasteiger partial charge on any atom is -0.497 e. The molecule has 1 spiro atoms. The number of carbonyl (C=O) groups is 3. The number of hydrogen-bond donors (Lipinski definition) is 0. The summed E-state index contributed by atoms with van der Waals surface area (Å²) < 4.78 is 23.3. The van der Waals surface area contributed by atoms with Gasteiger partial charge in [-0.3, -0.25) is 4.79 Å². The Hall–Kier alpha value is -2.67. The highest BCUT2D eigenvalue weighted by atomic mass is 16.8. The van der Waals surface area contributed by atoms with E-state index >= 15 is 0 Å². The second-order valence-electron chi connectivity index (χ2n) is 10.7. The van der Waals surface area contributed by atoms with Crippen molar-refractivity contribution < 1.29 is 33.3 Å². The maximum absolute atomic E-state index is 14.0. The van der Waals surface area contributed by atoms with Crippen LogP contribution in [-0.2, 0) is 30.4 Å². The molecule has 1 aromatic rings. The van der Waals surface area contributed by atoms with Crippen LogP contribution in [0.15, 0.2) is 36.4 Å². The fraction of sp³-hybridized carbons (Fsp3) is 0.607. The molecule has 0 amide bonds. The van der Waals surface area contributed by atoms with Crippen LogP contribution in [0.1, 0.15) is 58.4 Å². The van der Waals surface area contributed by atoms with E-state index < -0.39 is 35.3 Å². The largest absolute Gasteiger partial charge is 0.509 e. The summed E-state index contributed by atoms with van der Waals surface area (Å²) in [5.41, 5.74) is 0.393. The predicted molar refractivity (Wildman–Crippen MR) is 129 cm³/mol. The van der Waals surface area contributed by atoms with Gasteiger partial charge in [0.15, 0.2) is 11.4 Å². The molecule has 1 heterocycles. The van der Waals surface area contributed by atoms with Gasteiger partial charge in [-0.15, -0.1) is 0 Å². The molecule has 0 aromatic heterocycles. The highest BCUT2D eigenvalue weighted by Gasteiger charge is 2.69. The van der Waals surface area contributed by atoms with Crippen LogP contribution in [0.25, 0.3) is 0 Å². The average Bonchev–Trinajstić information content (AvgIpc) is 3.31. The second-order valence-corrected chi connectivity index (χ2v) is 10.7. The summed E-state index contributed by atoms with van der Waals surface area (Å²) in [4.78, 5) is 37.4. The number of benzene rings is 1. The highest BCUT2D eigenvalue weighted by molar-refractivity contribution is 5.86. The monoisotopic (exact) mass is 484 g/mol. The Labute approximate surface area is 207 Å². The van der Waals surface area contributed by atoms with Gasteiger partial charge in [-0.25, -0.2) is 4.79 Å². The number of Topliss-reactive ketones (excluding diaryl/α,β-unsaturated/α-hetero) is 1. The van der Waals surface area contributed by atoms with E-state index in [0.717, 1.165) is 23.2 Å². The molecule has 7 nitrogen and oxygen atoms in total. The summed E-state index contributed by atoms with van der Waals surface area (Å²) in [6, 6.07) is 7.59. The summed E-state index contributed by atoms with van der Waals surface area (Å²) in [6.07, 6.45) is 1.64. The van der Waals surface area contributed by atoms with E-state index in [0.29, 0.717) is 32.1 Å². The lowest BCUT2D eigenvalue weighted by atomic mass is 9.67. The van der Waals surface area contributed by atoms with Gasteiger partial charge in [0.25, 0.3) is 0 Å². The molecule has 2 aliphatic carbocycles. The molecular formula is C28H36O7. The lowest BCUT2D eigenvalue weighted by Gasteiger charge is -2.42. The number of rotatable bonds is 8. The molecule has 1 aromatic carbocycles. The van der Waals surface area contributed by atoms with Gasteiger partial charge in [0.05, 0.1) is 13.7 Å². The molecule has 2 bridgehead atoms. The first-order valence-corrected chi connectivity index (χ1v) is 12.4. The normalized spacial score (nSPS) is 33.5. The van der Waals surface area contributed by atoms with E-state index in [9.17, 15) is 14.4 Å². The van der Waals surface area contributed by atoms with Gasteiger partial charge < -0.3 is 23.7 Å². The number of methoxy groups -OCH3 is 1. The maximum Gasteiger partial charge on any atom is 0.509 e. The average molecular weight is 485 g/mol. The number of aldehydes is 1. The summed E-state index contributed by atoms with van der Waals surface area (Å²) in [5.74, 6) is -0.0139. The maximum atomic E-state index is 14.0. The molecule has 35 heavy (non-hydrogen) atoms. The molecule has 4 rings (SSSR count). The van der Waals surface area contributed by atoms with Crippen LogP contribution in [0.2, 0.25) is 0 Å². The molecule has 3 aliphatic rings. The summed E-state index contributed by atoms with van der Waals surface area (Å²) >= 11 is 0. The SMILES string of the molecule is C=C(CCC=O)[C@H]1C[C@@H]2OC(=O)O[C@]23CC[C@H]([C@@H](OCc2ccc(OC)cc2)C(=O)[C@@H]1C)C3(C)C. The molecule has 190 valence electrons. The van der Waals surface area contributed by atoms with Crippen molar-refractivity contribution in [2.75, 3.05) is 7.11 Å². The van der Waals surface area contributed by atoms with Crippen molar-refractivity contribution in [1.82, 2.24) is 0 Å². The van der Waals surface area contributed by atoms with Crippen LogP contribution in [0.3, 0.4) is 0 Å². The fourth-order valence-electron chi connectivity index (χ4n) is 6.49. The van der Waals surface area contributed by atoms with Gasteiger partial charge in [-0.1, -0.05) is 45.1 Å². The van der Waals surface area contributed by atoms with Crippen molar-refractivity contribution >= 4 is 18.2 Å². The first-order chi connectivity index (χ1) is 16.6. The standard InChI is InChI=1S/C28H36O7/c1-17(7-6-14-29)21-15-23-28(35-26(31)34-23)13-12-22(27(28,3)4)25(24(30)18(21)2)33-16-19-8-10-20(32-5)11-9-19/h8-11,14,18,21-23,25H,1,6-7,12-13,15-16H2,2-5H3/t18-,21-,22-,23+,25-,28-/m1/s1. The Morgan fingerprint density at radius 1 is 1.23 bits per heavy atom. The third-order valence-corrected chi connectivity index (χ3v) is 8.73. The van der Waals surface area contributed by atoms with Crippen LogP contribution in [0.4, 0.5) is 4.79 Å². The number of allylic oxidation sites excluding steroid dienone is 1. The third kappa shape index (κ3) is 4.39. The van der Waals surface area contributed by atoms with Crippen molar-refractivity contribution in [3.05, 3.63) is 42.0 Å². The lowest BCUT2D eigenvalue weighted by Crippen LogP contribution is -2.52. The smallest absolute Gasteiger partial charge is 0.497 e. The Balaban J connectivity index is 1.69. The van der Waals surface area contributed by atoms with E-state index in [1.54, 1.807) is 7.11 Å². The Bertz CT molecular complexity index is 982. The molecule has 1 aliphatic heterocycles. The number of hydrogen-bond acceptors (Lipinski definition) is 7. The molecule has 3 fully saturated rings.